The first-order valence-electron chi connectivity index (χ1n) is 10.2. The van der Waals surface area contributed by atoms with Gasteiger partial charge in [-0.25, -0.2) is 4.98 Å². The van der Waals surface area contributed by atoms with Gasteiger partial charge in [0.05, 0.1) is 17.4 Å². The molecule has 0 aliphatic heterocycles. The molecule has 3 aromatic rings. The number of nitrogens with one attached hydrogen (secondary N) is 1. The molecule has 5 atom stereocenters. The number of carbonyl (C=O) groups is 1. The van der Waals surface area contributed by atoms with Crippen molar-refractivity contribution in [1.82, 2.24) is 14.9 Å². The fourth-order valence-electron chi connectivity index (χ4n) is 5.31. The Morgan fingerprint density at radius 1 is 1.14 bits per heavy atom. The van der Waals surface area contributed by atoms with Gasteiger partial charge < -0.3 is 9.88 Å². The molecule has 150 valence electrons. The van der Waals surface area contributed by atoms with Crippen LogP contribution in [0.25, 0.3) is 11.0 Å². The van der Waals surface area contributed by atoms with Crippen LogP contribution in [-0.2, 0) is 0 Å². The van der Waals surface area contributed by atoms with E-state index in [2.05, 4.69) is 27.9 Å². The molecule has 0 spiro atoms. The fourth-order valence-corrected chi connectivity index (χ4v) is 5.60. The van der Waals surface area contributed by atoms with E-state index in [1.165, 1.54) is 0 Å². The van der Waals surface area contributed by atoms with E-state index in [4.69, 9.17) is 23.2 Å². The fraction of sp³-hybridized carbons (Fsp3) is 0.391. The third kappa shape index (κ3) is 3.43. The first-order chi connectivity index (χ1) is 14.0. The molecule has 2 saturated carbocycles. The Morgan fingerprint density at radius 3 is 2.52 bits per heavy atom. The average molecular weight is 428 g/mol. The molecule has 5 rings (SSSR count). The van der Waals surface area contributed by atoms with Gasteiger partial charge in [0.2, 0.25) is 0 Å². The van der Waals surface area contributed by atoms with Gasteiger partial charge in [0.1, 0.15) is 0 Å². The van der Waals surface area contributed by atoms with Crippen molar-refractivity contribution in [1.29, 1.82) is 0 Å². The van der Waals surface area contributed by atoms with Crippen LogP contribution >= 0.6 is 23.2 Å². The highest BCUT2D eigenvalue weighted by molar-refractivity contribution is 6.31. The van der Waals surface area contributed by atoms with Crippen LogP contribution < -0.4 is 5.32 Å². The zero-order chi connectivity index (χ0) is 20.1. The van der Waals surface area contributed by atoms with E-state index >= 15 is 0 Å². The minimum atomic E-state index is -0.00692. The van der Waals surface area contributed by atoms with Gasteiger partial charge in [0.25, 0.3) is 5.91 Å². The summed E-state index contributed by atoms with van der Waals surface area (Å²) in [5, 5.41) is 4.63. The second kappa shape index (κ2) is 7.33. The Kier molecular flexibility index (Phi) is 4.79. The SMILES string of the molecule is CCC(NC(=O)c1ccc(Cl)cc1)C1[C@H]2CC(n3cnc4cc(Cl)ccc43)C[C@@H]12. The highest BCUT2D eigenvalue weighted by atomic mass is 35.5. The zero-order valence-electron chi connectivity index (χ0n) is 16.2. The number of hydrogen-bond donors (Lipinski definition) is 1. The van der Waals surface area contributed by atoms with Gasteiger partial charge >= 0.3 is 0 Å². The van der Waals surface area contributed by atoms with E-state index in [1.54, 1.807) is 24.3 Å². The molecule has 29 heavy (non-hydrogen) atoms. The molecule has 2 aliphatic carbocycles. The Hall–Kier alpha value is -2.04. The van der Waals surface area contributed by atoms with Crippen LogP contribution in [0.2, 0.25) is 10.0 Å². The van der Waals surface area contributed by atoms with Crippen molar-refractivity contribution in [2.45, 2.75) is 38.3 Å². The minimum absolute atomic E-state index is 0.00692. The first-order valence-corrected chi connectivity index (χ1v) is 11.0. The zero-order valence-corrected chi connectivity index (χ0v) is 17.7. The van der Waals surface area contributed by atoms with E-state index < -0.39 is 0 Å². The van der Waals surface area contributed by atoms with Gasteiger partial charge in [-0.3, -0.25) is 4.79 Å². The summed E-state index contributed by atoms with van der Waals surface area (Å²) in [7, 11) is 0. The van der Waals surface area contributed by atoms with Crippen molar-refractivity contribution in [3.05, 3.63) is 64.4 Å². The summed E-state index contributed by atoms with van der Waals surface area (Å²) < 4.78 is 2.31. The molecular weight excluding hydrogens is 405 g/mol. The Balaban J connectivity index is 1.25. The normalized spacial score (nSPS) is 26.3. The standard InChI is InChI=1S/C23H23Cl2N3O/c1-2-19(27-23(29)13-3-5-14(24)6-4-13)22-17-10-16(11-18(17)22)28-12-26-20-9-15(25)7-8-21(20)28/h3-9,12,16-19,22H,2,10-11H2,1H3,(H,27,29)/t16?,17-,18+,19?,22?. The topological polar surface area (TPSA) is 46.9 Å². The third-order valence-corrected chi connectivity index (χ3v) is 7.23. The van der Waals surface area contributed by atoms with Crippen LogP contribution in [0.15, 0.2) is 48.8 Å². The number of fused-ring (bicyclic) bond motifs is 2. The number of carbonyl (C=O) groups excluding carboxylic acids is 1. The molecule has 2 fully saturated rings. The second-order valence-electron chi connectivity index (χ2n) is 8.31. The molecule has 6 heteroatoms. The van der Waals surface area contributed by atoms with Crippen molar-refractivity contribution in [3.8, 4) is 0 Å². The second-order valence-corrected chi connectivity index (χ2v) is 9.18. The predicted octanol–water partition coefficient (Wildman–Crippen LogP) is 5.75. The lowest BCUT2D eigenvalue weighted by Crippen LogP contribution is -2.37. The van der Waals surface area contributed by atoms with Crippen LogP contribution in [0.5, 0.6) is 0 Å². The summed E-state index contributed by atoms with van der Waals surface area (Å²) in [5.74, 6) is 1.93. The maximum atomic E-state index is 12.6. The van der Waals surface area contributed by atoms with Gasteiger partial charge in [-0.1, -0.05) is 30.1 Å². The van der Waals surface area contributed by atoms with Crippen molar-refractivity contribution in [3.63, 3.8) is 0 Å². The van der Waals surface area contributed by atoms with Gasteiger partial charge in [-0.05, 0) is 79.5 Å². The monoisotopic (exact) mass is 427 g/mol. The summed E-state index contributed by atoms with van der Waals surface area (Å²) in [4.78, 5) is 17.2. The first kappa shape index (κ1) is 19.0. The molecule has 1 aromatic heterocycles. The number of hydrogen-bond acceptors (Lipinski definition) is 2. The van der Waals surface area contributed by atoms with Crippen LogP contribution in [-0.4, -0.2) is 21.5 Å². The average Bonchev–Trinajstić information content (AvgIpc) is 3.06. The largest absolute Gasteiger partial charge is 0.349 e. The Labute approximate surface area is 180 Å². The highest BCUT2D eigenvalue weighted by Gasteiger charge is 2.59. The molecule has 0 saturated heterocycles. The van der Waals surface area contributed by atoms with Gasteiger partial charge in [-0.15, -0.1) is 0 Å². The number of imidazole rings is 1. The Bertz CT molecular complexity index is 1050. The summed E-state index contributed by atoms with van der Waals surface area (Å²) >= 11 is 12.0. The predicted molar refractivity (Wildman–Crippen MR) is 116 cm³/mol. The minimum Gasteiger partial charge on any atom is -0.349 e. The van der Waals surface area contributed by atoms with Gasteiger partial charge in [0, 0.05) is 27.7 Å². The van der Waals surface area contributed by atoms with Crippen LogP contribution in [0.3, 0.4) is 0 Å². The molecule has 1 heterocycles. The number of amides is 1. The summed E-state index contributed by atoms with van der Waals surface area (Å²) in [5.41, 5.74) is 2.77. The van der Waals surface area contributed by atoms with Crippen LogP contribution in [0.4, 0.5) is 0 Å². The Morgan fingerprint density at radius 2 is 1.83 bits per heavy atom. The number of rotatable bonds is 5. The lowest BCUT2D eigenvalue weighted by atomic mass is 9.99. The molecule has 0 bridgehead atoms. The molecule has 0 radical (unpaired) electrons. The van der Waals surface area contributed by atoms with E-state index in [0.29, 0.717) is 34.4 Å². The van der Waals surface area contributed by atoms with E-state index in [9.17, 15) is 4.79 Å². The van der Waals surface area contributed by atoms with Crippen molar-refractivity contribution in [2.75, 3.05) is 0 Å². The highest BCUT2D eigenvalue weighted by Crippen LogP contribution is 2.62. The molecule has 3 unspecified atom stereocenters. The van der Waals surface area contributed by atoms with Crippen molar-refractivity contribution >= 4 is 40.1 Å². The van der Waals surface area contributed by atoms with Gasteiger partial charge in [0.15, 0.2) is 0 Å². The lowest BCUT2D eigenvalue weighted by molar-refractivity contribution is 0.0927. The van der Waals surface area contributed by atoms with Crippen molar-refractivity contribution < 1.29 is 4.79 Å². The van der Waals surface area contributed by atoms with Crippen LogP contribution in [0.1, 0.15) is 42.6 Å². The maximum absolute atomic E-state index is 12.6. The molecule has 4 nitrogen and oxygen atoms in total. The summed E-state index contributed by atoms with van der Waals surface area (Å²) in [6, 6.07) is 13.7. The number of nitrogens with zero attached hydrogens (tertiary/aromatic N) is 2. The molecule has 2 aliphatic rings. The van der Waals surface area contributed by atoms with E-state index in [-0.39, 0.29) is 11.9 Å². The smallest absolute Gasteiger partial charge is 0.251 e. The van der Waals surface area contributed by atoms with E-state index in [0.717, 1.165) is 35.3 Å². The van der Waals surface area contributed by atoms with Crippen LogP contribution in [0, 0.1) is 17.8 Å². The quantitative estimate of drug-likeness (QED) is 0.563. The van der Waals surface area contributed by atoms with Crippen molar-refractivity contribution in [2.24, 2.45) is 17.8 Å². The molecule has 2 aromatic carbocycles. The van der Waals surface area contributed by atoms with Gasteiger partial charge in [-0.2, -0.15) is 0 Å². The van der Waals surface area contributed by atoms with E-state index in [1.807, 2.05) is 18.5 Å². The maximum Gasteiger partial charge on any atom is 0.251 e. The number of aromatic nitrogens is 2. The lowest BCUT2D eigenvalue weighted by Gasteiger charge is -2.22. The number of benzene rings is 2. The molecule has 1 N–H and O–H groups in total. The molecular formula is C23H23Cl2N3O. The summed E-state index contributed by atoms with van der Waals surface area (Å²) in [6.07, 6.45) is 5.20. The summed E-state index contributed by atoms with van der Waals surface area (Å²) in [6.45, 7) is 2.16. The third-order valence-electron chi connectivity index (χ3n) is 6.74. The molecule has 1 amide bonds. The number of halogens is 2.